The van der Waals surface area contributed by atoms with Crippen molar-refractivity contribution in [2.75, 3.05) is 26.2 Å². The van der Waals surface area contributed by atoms with Crippen LogP contribution in [0.15, 0.2) is 18.2 Å². The first kappa shape index (κ1) is 19.3. The minimum atomic E-state index is -0.496. The molecule has 2 saturated heterocycles. The van der Waals surface area contributed by atoms with E-state index in [-0.39, 0.29) is 18.1 Å². The van der Waals surface area contributed by atoms with Crippen LogP contribution in [0.1, 0.15) is 42.4 Å². The number of aliphatic hydroxyl groups excluding tert-OH is 2. The lowest BCUT2D eigenvalue weighted by atomic mass is 9.96. The van der Waals surface area contributed by atoms with Crippen LogP contribution in [-0.2, 0) is 11.2 Å². The molecule has 3 rings (SSSR count). The van der Waals surface area contributed by atoms with E-state index in [0.29, 0.717) is 19.5 Å². The van der Waals surface area contributed by atoms with E-state index in [2.05, 4.69) is 36.9 Å². The van der Waals surface area contributed by atoms with E-state index in [1.807, 2.05) is 4.90 Å². The zero-order chi connectivity index (χ0) is 18.7. The summed E-state index contributed by atoms with van der Waals surface area (Å²) in [6, 6.07) is 6.55. The Morgan fingerprint density at radius 1 is 1.04 bits per heavy atom. The van der Waals surface area contributed by atoms with Crippen LogP contribution in [0.25, 0.3) is 0 Å². The molecule has 5 heteroatoms. The van der Waals surface area contributed by atoms with Crippen LogP contribution in [0.4, 0.5) is 0 Å². The number of piperidine rings is 2. The van der Waals surface area contributed by atoms with Crippen molar-refractivity contribution in [2.24, 2.45) is 0 Å². The summed E-state index contributed by atoms with van der Waals surface area (Å²) in [5.41, 5.74) is 3.67. The van der Waals surface area contributed by atoms with Crippen molar-refractivity contribution in [1.82, 2.24) is 9.80 Å². The van der Waals surface area contributed by atoms with Crippen molar-refractivity contribution in [3.63, 3.8) is 0 Å². The Labute approximate surface area is 156 Å². The largest absolute Gasteiger partial charge is 0.393 e. The Morgan fingerprint density at radius 2 is 1.69 bits per heavy atom. The molecule has 2 aliphatic rings. The van der Waals surface area contributed by atoms with Crippen molar-refractivity contribution in [3.8, 4) is 0 Å². The van der Waals surface area contributed by atoms with Crippen LogP contribution in [0.2, 0.25) is 0 Å². The zero-order valence-corrected chi connectivity index (χ0v) is 16.0. The van der Waals surface area contributed by atoms with E-state index in [1.54, 1.807) is 0 Å². The third-order valence-electron chi connectivity index (χ3n) is 5.78. The average molecular weight is 360 g/mol. The van der Waals surface area contributed by atoms with Gasteiger partial charge in [-0.15, -0.1) is 0 Å². The number of rotatable bonds is 4. The minimum Gasteiger partial charge on any atom is -0.393 e. The van der Waals surface area contributed by atoms with Gasteiger partial charge < -0.3 is 15.1 Å². The maximum atomic E-state index is 12.6. The van der Waals surface area contributed by atoms with Gasteiger partial charge in [0.1, 0.15) is 0 Å². The third kappa shape index (κ3) is 4.84. The molecule has 0 spiro atoms. The number of hydrogen-bond donors (Lipinski definition) is 2. The highest BCUT2D eigenvalue weighted by Crippen LogP contribution is 2.22. The van der Waals surface area contributed by atoms with Gasteiger partial charge in [-0.3, -0.25) is 9.69 Å². The number of carbonyl (C=O) groups excluding carboxylic acids is 1. The standard InChI is InChI=1S/C21H32N2O3/c1-15-11-16(2)13-17(12-15)3-4-21(26)23-10-7-19(20(25)14-23)22-8-5-18(24)6-9-22/h11-13,18-20,24-25H,3-10,14H2,1-2H3/t19-,20-/m1/s1. The number of benzene rings is 1. The number of β-amino-alcohol motifs (C(OH)–C–C–N with tert-alkyl or cyclic N) is 1. The molecule has 26 heavy (non-hydrogen) atoms. The second-order valence-corrected chi connectivity index (χ2v) is 8.03. The Kier molecular flexibility index (Phi) is 6.33. The van der Waals surface area contributed by atoms with E-state index in [1.165, 1.54) is 16.7 Å². The fourth-order valence-electron chi connectivity index (χ4n) is 4.41. The van der Waals surface area contributed by atoms with E-state index in [9.17, 15) is 15.0 Å². The normalized spacial score (nSPS) is 25.5. The van der Waals surface area contributed by atoms with Gasteiger partial charge in [0.2, 0.25) is 5.91 Å². The highest BCUT2D eigenvalue weighted by molar-refractivity contribution is 5.76. The van der Waals surface area contributed by atoms with Crippen molar-refractivity contribution >= 4 is 5.91 Å². The van der Waals surface area contributed by atoms with Gasteiger partial charge in [0.25, 0.3) is 0 Å². The summed E-state index contributed by atoms with van der Waals surface area (Å²) >= 11 is 0. The van der Waals surface area contributed by atoms with Gasteiger partial charge in [-0.1, -0.05) is 29.3 Å². The molecule has 1 aromatic rings. The van der Waals surface area contributed by atoms with Crippen molar-refractivity contribution in [1.29, 1.82) is 0 Å². The van der Waals surface area contributed by atoms with E-state index < -0.39 is 6.10 Å². The smallest absolute Gasteiger partial charge is 0.222 e. The van der Waals surface area contributed by atoms with E-state index in [0.717, 1.165) is 38.8 Å². The molecule has 0 bridgehead atoms. The number of amides is 1. The van der Waals surface area contributed by atoms with Crippen LogP contribution < -0.4 is 0 Å². The van der Waals surface area contributed by atoms with Crippen LogP contribution in [0.5, 0.6) is 0 Å². The highest BCUT2D eigenvalue weighted by atomic mass is 16.3. The van der Waals surface area contributed by atoms with Crippen LogP contribution >= 0.6 is 0 Å². The number of aliphatic hydroxyl groups is 2. The molecule has 1 aromatic carbocycles. The topological polar surface area (TPSA) is 64.0 Å². The van der Waals surface area contributed by atoms with Gasteiger partial charge in [-0.25, -0.2) is 0 Å². The number of nitrogens with zero attached hydrogens (tertiary/aromatic N) is 2. The molecule has 1 amide bonds. The van der Waals surface area contributed by atoms with E-state index in [4.69, 9.17) is 0 Å². The molecule has 2 aliphatic heterocycles. The van der Waals surface area contributed by atoms with E-state index >= 15 is 0 Å². The van der Waals surface area contributed by atoms with Gasteiger partial charge in [0, 0.05) is 38.6 Å². The number of aryl methyl sites for hydroxylation is 3. The summed E-state index contributed by atoms with van der Waals surface area (Å²) in [5.74, 6) is 0.135. The maximum Gasteiger partial charge on any atom is 0.222 e. The predicted molar refractivity (Wildman–Crippen MR) is 102 cm³/mol. The molecule has 144 valence electrons. The summed E-state index contributed by atoms with van der Waals surface area (Å²) in [6.45, 7) is 6.98. The quantitative estimate of drug-likeness (QED) is 0.857. The Hall–Kier alpha value is -1.43. The summed E-state index contributed by atoms with van der Waals surface area (Å²) in [4.78, 5) is 16.7. The molecular formula is C21H32N2O3. The molecule has 0 radical (unpaired) electrons. The molecule has 2 fully saturated rings. The first-order valence-electron chi connectivity index (χ1n) is 9.87. The Morgan fingerprint density at radius 3 is 2.31 bits per heavy atom. The van der Waals surface area contributed by atoms with Crippen molar-refractivity contribution in [3.05, 3.63) is 34.9 Å². The molecule has 2 atom stereocenters. The maximum absolute atomic E-state index is 12.6. The SMILES string of the molecule is Cc1cc(C)cc(CCC(=O)N2CC[C@@H](N3CCC(O)CC3)[C@H](O)C2)c1. The lowest BCUT2D eigenvalue weighted by molar-refractivity contribution is -0.136. The lowest BCUT2D eigenvalue weighted by Gasteiger charge is -2.43. The van der Waals surface area contributed by atoms with Crippen molar-refractivity contribution in [2.45, 2.75) is 64.2 Å². The molecule has 0 aromatic heterocycles. The van der Waals surface area contributed by atoms with Gasteiger partial charge in [-0.05, 0) is 45.1 Å². The first-order chi connectivity index (χ1) is 12.4. The monoisotopic (exact) mass is 360 g/mol. The zero-order valence-electron chi connectivity index (χ0n) is 16.0. The minimum absolute atomic E-state index is 0.117. The van der Waals surface area contributed by atoms with Crippen LogP contribution in [0.3, 0.4) is 0 Å². The average Bonchev–Trinajstić information content (AvgIpc) is 2.60. The predicted octanol–water partition coefficient (Wildman–Crippen LogP) is 1.65. The van der Waals surface area contributed by atoms with Gasteiger partial charge in [0.15, 0.2) is 0 Å². The number of likely N-dealkylation sites (tertiary alicyclic amines) is 2. The summed E-state index contributed by atoms with van der Waals surface area (Å²) in [5, 5.41) is 20.2. The second kappa shape index (κ2) is 8.51. The fraction of sp³-hybridized carbons (Fsp3) is 0.667. The first-order valence-corrected chi connectivity index (χ1v) is 9.87. The molecule has 5 nitrogen and oxygen atoms in total. The Bertz CT molecular complexity index is 605. The summed E-state index contributed by atoms with van der Waals surface area (Å²) < 4.78 is 0. The van der Waals surface area contributed by atoms with Gasteiger partial charge >= 0.3 is 0 Å². The summed E-state index contributed by atoms with van der Waals surface area (Å²) in [7, 11) is 0. The fourth-order valence-corrected chi connectivity index (χ4v) is 4.41. The van der Waals surface area contributed by atoms with Gasteiger partial charge in [-0.2, -0.15) is 0 Å². The second-order valence-electron chi connectivity index (χ2n) is 8.03. The molecular weight excluding hydrogens is 328 g/mol. The highest BCUT2D eigenvalue weighted by Gasteiger charge is 2.35. The van der Waals surface area contributed by atoms with Crippen LogP contribution in [0, 0.1) is 13.8 Å². The van der Waals surface area contributed by atoms with Crippen LogP contribution in [-0.4, -0.2) is 70.3 Å². The molecule has 2 N–H and O–H groups in total. The van der Waals surface area contributed by atoms with Crippen molar-refractivity contribution < 1.29 is 15.0 Å². The molecule has 2 heterocycles. The summed E-state index contributed by atoms with van der Waals surface area (Å²) in [6.07, 6.45) is 2.92. The molecule has 0 aliphatic carbocycles. The Balaban J connectivity index is 1.49. The third-order valence-corrected chi connectivity index (χ3v) is 5.78. The molecule has 0 saturated carbocycles. The number of carbonyl (C=O) groups is 1. The van der Waals surface area contributed by atoms with Gasteiger partial charge in [0.05, 0.1) is 12.2 Å². The lowest BCUT2D eigenvalue weighted by Crippen LogP contribution is -2.57. The molecule has 0 unspecified atom stereocenters. The number of hydrogen-bond acceptors (Lipinski definition) is 4.